The second-order valence-electron chi connectivity index (χ2n) is 6.50. The molecule has 0 radical (unpaired) electrons. The van der Waals surface area contributed by atoms with Crippen molar-refractivity contribution < 1.29 is 23.9 Å². The van der Waals surface area contributed by atoms with Crippen molar-refractivity contribution in [3.05, 3.63) is 52.7 Å². The summed E-state index contributed by atoms with van der Waals surface area (Å²) in [5.74, 6) is -1.37. The lowest BCUT2D eigenvalue weighted by Crippen LogP contribution is -2.29. The molecule has 0 spiro atoms. The highest BCUT2D eigenvalue weighted by Gasteiger charge is 2.12. The molecule has 29 heavy (non-hydrogen) atoms. The van der Waals surface area contributed by atoms with Gasteiger partial charge in [0, 0.05) is 25.2 Å². The van der Waals surface area contributed by atoms with E-state index in [1.807, 2.05) is 0 Å². The Balaban J connectivity index is 1.69. The van der Waals surface area contributed by atoms with Crippen LogP contribution < -0.4 is 15.6 Å². The summed E-state index contributed by atoms with van der Waals surface area (Å²) in [6.07, 6.45) is 0.833. The molecule has 0 atom stereocenters. The van der Waals surface area contributed by atoms with Gasteiger partial charge in [-0.25, -0.2) is 0 Å². The van der Waals surface area contributed by atoms with Crippen LogP contribution in [0.1, 0.15) is 19.3 Å². The third kappa shape index (κ3) is 4.78. The fraction of sp³-hybridized carbons (Fsp3) is 0.238. The number of rotatable bonds is 9. The first kappa shape index (κ1) is 20.1. The molecule has 1 heterocycles. The third-order valence-corrected chi connectivity index (χ3v) is 4.48. The lowest BCUT2D eigenvalue weighted by molar-refractivity contribution is -0.138. The molecule has 3 rings (SSSR count). The van der Waals surface area contributed by atoms with Crippen molar-refractivity contribution in [3.63, 3.8) is 0 Å². The van der Waals surface area contributed by atoms with Crippen LogP contribution in [0.15, 0.2) is 51.7 Å². The van der Waals surface area contributed by atoms with Gasteiger partial charge in [0.25, 0.3) is 0 Å². The summed E-state index contributed by atoms with van der Waals surface area (Å²) in [4.78, 5) is 47.7. The fourth-order valence-corrected chi connectivity index (χ4v) is 3.00. The number of carboxylic acids is 1. The van der Waals surface area contributed by atoms with Crippen molar-refractivity contribution in [2.24, 2.45) is 0 Å². The van der Waals surface area contributed by atoms with Crippen LogP contribution in [-0.2, 0) is 14.4 Å². The van der Waals surface area contributed by atoms with Gasteiger partial charge in [0.1, 0.15) is 11.2 Å². The monoisotopic (exact) mass is 396 g/mol. The number of amides is 2. The van der Waals surface area contributed by atoms with E-state index in [1.54, 1.807) is 42.5 Å². The molecule has 0 unspecified atom stereocenters. The van der Waals surface area contributed by atoms with Gasteiger partial charge in [-0.2, -0.15) is 0 Å². The summed E-state index contributed by atoms with van der Waals surface area (Å²) in [7, 11) is 0. The van der Waals surface area contributed by atoms with E-state index in [2.05, 4.69) is 5.32 Å². The number of carboxylic acid groups (broad SMARTS) is 1. The number of anilines is 1. The lowest BCUT2D eigenvalue weighted by atomic mass is 10.1. The van der Waals surface area contributed by atoms with Gasteiger partial charge < -0.3 is 19.7 Å². The number of fused-ring (bicyclic) bond motifs is 2. The molecule has 0 aliphatic heterocycles. The van der Waals surface area contributed by atoms with Gasteiger partial charge in [-0.3, -0.25) is 19.2 Å². The van der Waals surface area contributed by atoms with Gasteiger partial charge in [0.05, 0.1) is 17.2 Å². The Morgan fingerprint density at radius 2 is 1.83 bits per heavy atom. The largest absolute Gasteiger partial charge is 0.481 e. The summed E-state index contributed by atoms with van der Waals surface area (Å²) >= 11 is 0. The number of nitrogens with one attached hydrogen (secondary N) is 1. The number of aliphatic carboxylic acids is 1. The van der Waals surface area contributed by atoms with Crippen LogP contribution in [0.5, 0.6) is 0 Å². The standard InChI is InChI=1S/C21H20N2O6/c24-13-23(11-3-10-22-19(25)8-9-20(26)27)14-6-7-18-16(12-14)21(28)15-4-1-2-5-17(15)29-18/h1-2,4-7,12-13H,3,8-11H2,(H,22,25)(H,26,27). The molecule has 2 aromatic carbocycles. The van der Waals surface area contributed by atoms with Crippen LogP contribution >= 0.6 is 0 Å². The Morgan fingerprint density at radius 1 is 1.07 bits per heavy atom. The summed E-state index contributed by atoms with van der Waals surface area (Å²) in [6, 6.07) is 11.9. The Hall–Kier alpha value is -3.68. The van der Waals surface area contributed by atoms with E-state index in [-0.39, 0.29) is 24.2 Å². The van der Waals surface area contributed by atoms with Gasteiger partial charge in [0.15, 0.2) is 0 Å². The average Bonchev–Trinajstić information content (AvgIpc) is 2.72. The van der Waals surface area contributed by atoms with Crippen LogP contribution in [-0.4, -0.2) is 36.5 Å². The molecule has 0 saturated heterocycles. The van der Waals surface area contributed by atoms with Crippen molar-refractivity contribution in [2.45, 2.75) is 19.3 Å². The van der Waals surface area contributed by atoms with E-state index in [1.165, 1.54) is 4.90 Å². The highest BCUT2D eigenvalue weighted by Crippen LogP contribution is 2.23. The SMILES string of the molecule is O=CN(CCCNC(=O)CCC(=O)O)c1ccc2oc3ccccc3c(=O)c2c1. The number of carbonyl (C=O) groups excluding carboxylic acids is 2. The molecule has 8 heteroatoms. The Morgan fingerprint density at radius 3 is 2.59 bits per heavy atom. The number of para-hydroxylation sites is 1. The average molecular weight is 396 g/mol. The highest BCUT2D eigenvalue weighted by atomic mass is 16.4. The van der Waals surface area contributed by atoms with Gasteiger partial charge in [-0.05, 0) is 36.8 Å². The van der Waals surface area contributed by atoms with Gasteiger partial charge in [0.2, 0.25) is 17.7 Å². The van der Waals surface area contributed by atoms with E-state index in [0.29, 0.717) is 53.5 Å². The van der Waals surface area contributed by atoms with Crippen LogP contribution in [0, 0.1) is 0 Å². The maximum atomic E-state index is 12.7. The van der Waals surface area contributed by atoms with Crippen molar-refractivity contribution in [2.75, 3.05) is 18.0 Å². The summed E-state index contributed by atoms with van der Waals surface area (Å²) in [6.45, 7) is 0.635. The van der Waals surface area contributed by atoms with Gasteiger partial charge in [-0.15, -0.1) is 0 Å². The number of hydrogen-bond donors (Lipinski definition) is 2. The van der Waals surface area contributed by atoms with Gasteiger partial charge in [-0.1, -0.05) is 12.1 Å². The van der Waals surface area contributed by atoms with Crippen molar-refractivity contribution in [3.8, 4) is 0 Å². The second kappa shape index (κ2) is 9.01. The van der Waals surface area contributed by atoms with E-state index in [0.717, 1.165) is 0 Å². The minimum absolute atomic E-state index is 0.0822. The number of carbonyl (C=O) groups is 3. The minimum Gasteiger partial charge on any atom is -0.481 e. The third-order valence-electron chi connectivity index (χ3n) is 4.48. The molecule has 0 fully saturated rings. The fourth-order valence-electron chi connectivity index (χ4n) is 3.00. The second-order valence-corrected chi connectivity index (χ2v) is 6.50. The maximum absolute atomic E-state index is 12.7. The predicted octanol–water partition coefficient (Wildman–Crippen LogP) is 2.28. The number of benzene rings is 2. The maximum Gasteiger partial charge on any atom is 0.303 e. The van der Waals surface area contributed by atoms with Crippen LogP contribution in [0.4, 0.5) is 5.69 Å². The van der Waals surface area contributed by atoms with Crippen molar-refractivity contribution in [1.82, 2.24) is 5.32 Å². The number of nitrogens with zero attached hydrogens (tertiary/aromatic N) is 1. The van der Waals surface area contributed by atoms with Gasteiger partial charge >= 0.3 is 5.97 Å². The Kier molecular flexibility index (Phi) is 6.23. The molecule has 8 nitrogen and oxygen atoms in total. The molecule has 150 valence electrons. The van der Waals surface area contributed by atoms with E-state index < -0.39 is 5.97 Å². The highest BCUT2D eigenvalue weighted by molar-refractivity contribution is 5.92. The lowest BCUT2D eigenvalue weighted by Gasteiger charge is -2.18. The molecule has 0 aliphatic carbocycles. The zero-order chi connectivity index (χ0) is 20.8. The molecule has 0 aliphatic rings. The van der Waals surface area contributed by atoms with E-state index >= 15 is 0 Å². The normalized spacial score (nSPS) is 10.8. The van der Waals surface area contributed by atoms with Crippen LogP contribution in [0.2, 0.25) is 0 Å². The zero-order valence-corrected chi connectivity index (χ0v) is 15.6. The molecule has 0 bridgehead atoms. The van der Waals surface area contributed by atoms with Crippen LogP contribution in [0.3, 0.4) is 0 Å². The smallest absolute Gasteiger partial charge is 0.303 e. The Bertz CT molecular complexity index is 1120. The summed E-state index contributed by atoms with van der Waals surface area (Å²) in [5.41, 5.74) is 1.32. The topological polar surface area (TPSA) is 117 Å². The molecule has 1 aromatic heterocycles. The molecular weight excluding hydrogens is 376 g/mol. The van der Waals surface area contributed by atoms with E-state index in [9.17, 15) is 19.2 Å². The molecule has 0 saturated carbocycles. The minimum atomic E-state index is -1.03. The van der Waals surface area contributed by atoms with Crippen molar-refractivity contribution >= 4 is 45.9 Å². The number of hydrogen-bond acceptors (Lipinski definition) is 5. The molecule has 3 aromatic rings. The summed E-state index contributed by atoms with van der Waals surface area (Å²) < 4.78 is 5.76. The quantitative estimate of drug-likeness (QED) is 0.326. The Labute approximate surface area is 165 Å². The van der Waals surface area contributed by atoms with Crippen molar-refractivity contribution in [1.29, 1.82) is 0 Å². The molecular formula is C21H20N2O6. The first-order chi connectivity index (χ1) is 14.0. The molecule has 2 N–H and O–H groups in total. The summed E-state index contributed by atoms with van der Waals surface area (Å²) in [5, 5.41) is 12.0. The molecule has 2 amide bonds. The zero-order valence-electron chi connectivity index (χ0n) is 15.6. The predicted molar refractivity (Wildman–Crippen MR) is 108 cm³/mol. The first-order valence-electron chi connectivity index (χ1n) is 9.15. The van der Waals surface area contributed by atoms with E-state index in [4.69, 9.17) is 9.52 Å². The van der Waals surface area contributed by atoms with Crippen LogP contribution in [0.25, 0.3) is 21.9 Å². The first-order valence-corrected chi connectivity index (χ1v) is 9.15.